The van der Waals surface area contributed by atoms with E-state index in [1.807, 2.05) is 0 Å². The highest BCUT2D eigenvalue weighted by Crippen LogP contribution is 2.48. The van der Waals surface area contributed by atoms with E-state index < -0.39 is 0 Å². The zero-order chi connectivity index (χ0) is 13.4. The van der Waals surface area contributed by atoms with Crippen LogP contribution >= 0.6 is 0 Å². The number of carbonyl (C=O) groups is 1. The van der Waals surface area contributed by atoms with Crippen molar-refractivity contribution in [1.29, 1.82) is 0 Å². The van der Waals surface area contributed by atoms with Gasteiger partial charge in [-0.3, -0.25) is 4.79 Å². The highest BCUT2D eigenvalue weighted by molar-refractivity contribution is 5.82. The summed E-state index contributed by atoms with van der Waals surface area (Å²) in [6.45, 7) is 10.4. The first kappa shape index (κ1) is 13.1. The Hall–Kier alpha value is -1.37. The van der Waals surface area contributed by atoms with Crippen molar-refractivity contribution in [2.24, 2.45) is 11.8 Å². The third-order valence-corrected chi connectivity index (χ3v) is 4.66. The first-order valence-electron chi connectivity index (χ1n) is 6.68. The molecular formula is C17H22O. The van der Waals surface area contributed by atoms with E-state index in [0.717, 1.165) is 0 Å². The molecule has 1 aromatic rings. The quantitative estimate of drug-likeness (QED) is 0.708. The van der Waals surface area contributed by atoms with Crippen LogP contribution in [0.15, 0.2) is 35.4 Å². The summed E-state index contributed by atoms with van der Waals surface area (Å²) < 4.78 is 0. The van der Waals surface area contributed by atoms with Crippen LogP contribution in [0.3, 0.4) is 0 Å². The molecule has 0 aliphatic heterocycles. The van der Waals surface area contributed by atoms with Gasteiger partial charge in [-0.25, -0.2) is 0 Å². The zero-order valence-corrected chi connectivity index (χ0v) is 11.9. The Balaban J connectivity index is 2.54. The van der Waals surface area contributed by atoms with Gasteiger partial charge < -0.3 is 0 Å². The van der Waals surface area contributed by atoms with Gasteiger partial charge >= 0.3 is 0 Å². The lowest BCUT2D eigenvalue weighted by Gasteiger charge is -2.24. The standard InChI is InChI=1S/C17H22O/c1-10-8-6-7-9-15(10)17-13(4)11(2)12(3)16(17)14(5)18/h6-9,12,16-17H,1-5H3/t12-,16-,17-/m0/s1. The summed E-state index contributed by atoms with van der Waals surface area (Å²) in [6.07, 6.45) is 0. The highest BCUT2D eigenvalue weighted by atomic mass is 16.1. The maximum Gasteiger partial charge on any atom is 0.134 e. The Bertz CT molecular complexity index is 510. The van der Waals surface area contributed by atoms with Crippen LogP contribution in [0, 0.1) is 18.8 Å². The minimum Gasteiger partial charge on any atom is -0.300 e. The normalized spacial score (nSPS) is 27.7. The number of ketones is 1. The molecule has 0 aromatic heterocycles. The number of aryl methyl sites for hydroxylation is 1. The summed E-state index contributed by atoms with van der Waals surface area (Å²) in [5, 5.41) is 0. The van der Waals surface area contributed by atoms with Crippen molar-refractivity contribution in [2.45, 2.75) is 40.5 Å². The number of carbonyl (C=O) groups excluding carboxylic acids is 1. The van der Waals surface area contributed by atoms with Gasteiger partial charge in [-0.05, 0) is 44.7 Å². The average molecular weight is 242 g/mol. The predicted molar refractivity (Wildman–Crippen MR) is 75.6 cm³/mol. The molecule has 0 saturated carbocycles. The maximum absolute atomic E-state index is 12.0. The van der Waals surface area contributed by atoms with Crippen LogP contribution in [0.5, 0.6) is 0 Å². The molecule has 0 saturated heterocycles. The lowest BCUT2D eigenvalue weighted by molar-refractivity contribution is -0.121. The van der Waals surface area contributed by atoms with E-state index in [1.165, 1.54) is 22.3 Å². The Labute approximate surface area is 110 Å². The van der Waals surface area contributed by atoms with Gasteiger partial charge in [-0.15, -0.1) is 0 Å². The van der Waals surface area contributed by atoms with Gasteiger partial charge in [0.15, 0.2) is 0 Å². The van der Waals surface area contributed by atoms with E-state index in [-0.39, 0.29) is 11.8 Å². The maximum atomic E-state index is 12.0. The largest absolute Gasteiger partial charge is 0.300 e. The lowest BCUT2D eigenvalue weighted by atomic mass is 9.78. The summed E-state index contributed by atoms with van der Waals surface area (Å²) >= 11 is 0. The molecule has 1 nitrogen and oxygen atoms in total. The third-order valence-electron chi connectivity index (χ3n) is 4.66. The van der Waals surface area contributed by atoms with E-state index in [2.05, 4.69) is 52.0 Å². The highest BCUT2D eigenvalue weighted by Gasteiger charge is 2.40. The molecule has 1 aromatic carbocycles. The van der Waals surface area contributed by atoms with E-state index in [0.29, 0.717) is 11.7 Å². The number of benzene rings is 1. The monoisotopic (exact) mass is 242 g/mol. The molecule has 0 fully saturated rings. The number of hydrogen-bond donors (Lipinski definition) is 0. The molecule has 0 radical (unpaired) electrons. The number of rotatable bonds is 2. The zero-order valence-electron chi connectivity index (χ0n) is 11.9. The molecule has 18 heavy (non-hydrogen) atoms. The van der Waals surface area contributed by atoms with Gasteiger partial charge in [-0.2, -0.15) is 0 Å². The Morgan fingerprint density at radius 1 is 1.06 bits per heavy atom. The summed E-state index contributed by atoms with van der Waals surface area (Å²) in [4.78, 5) is 12.0. The van der Waals surface area contributed by atoms with Crippen molar-refractivity contribution in [2.75, 3.05) is 0 Å². The molecule has 1 aliphatic carbocycles. The van der Waals surface area contributed by atoms with E-state index >= 15 is 0 Å². The van der Waals surface area contributed by atoms with Crippen molar-refractivity contribution < 1.29 is 4.79 Å². The van der Waals surface area contributed by atoms with E-state index in [9.17, 15) is 4.79 Å². The molecule has 0 bridgehead atoms. The van der Waals surface area contributed by atoms with Gasteiger partial charge in [0.2, 0.25) is 0 Å². The van der Waals surface area contributed by atoms with Crippen molar-refractivity contribution >= 4 is 5.78 Å². The number of allylic oxidation sites excluding steroid dienone is 2. The van der Waals surface area contributed by atoms with Crippen LogP contribution in [0.2, 0.25) is 0 Å². The van der Waals surface area contributed by atoms with Gasteiger partial charge in [0, 0.05) is 11.8 Å². The third kappa shape index (κ3) is 1.92. The second kappa shape index (κ2) is 4.72. The predicted octanol–water partition coefficient (Wildman–Crippen LogP) is 4.27. The molecule has 0 heterocycles. The Kier molecular flexibility index (Phi) is 3.43. The summed E-state index contributed by atoms with van der Waals surface area (Å²) in [6, 6.07) is 8.44. The van der Waals surface area contributed by atoms with Gasteiger partial charge in [0.05, 0.1) is 0 Å². The molecule has 1 aliphatic rings. The SMILES string of the molecule is CC(=O)[C@@H]1[C@@H](C)C(C)=C(C)[C@H]1c1ccccc1C. The molecule has 0 amide bonds. The molecule has 0 unspecified atom stereocenters. The minimum atomic E-state index is 0.117. The minimum absolute atomic E-state index is 0.117. The molecule has 1 heteroatoms. The van der Waals surface area contributed by atoms with Crippen molar-refractivity contribution in [3.63, 3.8) is 0 Å². The van der Waals surface area contributed by atoms with E-state index in [4.69, 9.17) is 0 Å². The van der Waals surface area contributed by atoms with Crippen LogP contribution in [0.25, 0.3) is 0 Å². The fourth-order valence-electron chi connectivity index (χ4n) is 3.38. The fourth-order valence-corrected chi connectivity index (χ4v) is 3.38. The van der Waals surface area contributed by atoms with Crippen LogP contribution in [-0.2, 0) is 4.79 Å². The summed E-state index contributed by atoms with van der Waals surface area (Å²) in [7, 11) is 0. The Morgan fingerprint density at radius 2 is 1.67 bits per heavy atom. The molecule has 0 spiro atoms. The first-order valence-corrected chi connectivity index (χ1v) is 6.68. The van der Waals surface area contributed by atoms with Crippen LogP contribution in [-0.4, -0.2) is 5.78 Å². The average Bonchev–Trinajstić information content (AvgIpc) is 2.54. The Morgan fingerprint density at radius 3 is 2.22 bits per heavy atom. The fraction of sp³-hybridized carbons (Fsp3) is 0.471. The second-order valence-electron chi connectivity index (χ2n) is 5.63. The van der Waals surface area contributed by atoms with Gasteiger partial charge in [0.25, 0.3) is 0 Å². The van der Waals surface area contributed by atoms with Gasteiger partial charge in [-0.1, -0.05) is 42.3 Å². The second-order valence-corrected chi connectivity index (χ2v) is 5.63. The lowest BCUT2D eigenvalue weighted by Crippen LogP contribution is -2.22. The molecule has 0 N–H and O–H groups in total. The molecular weight excluding hydrogens is 220 g/mol. The topological polar surface area (TPSA) is 17.1 Å². The number of hydrogen-bond acceptors (Lipinski definition) is 1. The smallest absolute Gasteiger partial charge is 0.134 e. The van der Waals surface area contributed by atoms with Gasteiger partial charge in [0.1, 0.15) is 5.78 Å². The van der Waals surface area contributed by atoms with Crippen molar-refractivity contribution in [3.05, 3.63) is 46.5 Å². The van der Waals surface area contributed by atoms with Crippen LogP contribution in [0.1, 0.15) is 44.7 Å². The number of Topliss-reactive ketones (excluding diaryl/α,β-unsaturated/α-hetero) is 1. The molecule has 2 rings (SSSR count). The molecule has 96 valence electrons. The first-order chi connectivity index (χ1) is 8.45. The van der Waals surface area contributed by atoms with Crippen molar-refractivity contribution in [1.82, 2.24) is 0 Å². The summed E-state index contributed by atoms with van der Waals surface area (Å²) in [5.41, 5.74) is 5.38. The molecule has 3 atom stereocenters. The van der Waals surface area contributed by atoms with Crippen LogP contribution < -0.4 is 0 Å². The van der Waals surface area contributed by atoms with Crippen molar-refractivity contribution in [3.8, 4) is 0 Å². The summed E-state index contributed by atoms with van der Waals surface area (Å²) in [5.74, 6) is 1.07. The van der Waals surface area contributed by atoms with E-state index in [1.54, 1.807) is 6.92 Å². The van der Waals surface area contributed by atoms with Crippen LogP contribution in [0.4, 0.5) is 0 Å².